The Hall–Kier alpha value is -2.66. The van der Waals surface area contributed by atoms with Crippen LogP contribution in [0.15, 0.2) is 48.7 Å². The van der Waals surface area contributed by atoms with Gasteiger partial charge in [0.15, 0.2) is 5.11 Å². The van der Waals surface area contributed by atoms with E-state index in [1.54, 1.807) is 0 Å². The van der Waals surface area contributed by atoms with Crippen LogP contribution in [0.5, 0.6) is 0 Å². The highest BCUT2D eigenvalue weighted by atomic mass is 32.1. The van der Waals surface area contributed by atoms with Gasteiger partial charge < -0.3 is 14.8 Å². The van der Waals surface area contributed by atoms with Crippen molar-refractivity contribution < 1.29 is 0 Å². The summed E-state index contributed by atoms with van der Waals surface area (Å²) in [5.74, 6) is 0. The lowest BCUT2D eigenvalue weighted by atomic mass is 9.95. The van der Waals surface area contributed by atoms with Gasteiger partial charge in [-0.3, -0.25) is 4.98 Å². The van der Waals surface area contributed by atoms with Gasteiger partial charge in [-0.2, -0.15) is 0 Å². The lowest BCUT2D eigenvalue weighted by molar-refractivity contribution is 0.245. The number of aromatic nitrogens is 2. The second-order valence-electron chi connectivity index (χ2n) is 9.35. The van der Waals surface area contributed by atoms with Crippen LogP contribution in [-0.2, 0) is 0 Å². The molecule has 3 aromatic rings. The molecule has 5 rings (SSSR count). The first-order valence-electron chi connectivity index (χ1n) is 11.7. The highest BCUT2D eigenvalue weighted by Crippen LogP contribution is 2.44. The minimum Gasteiger partial charge on any atom is -0.352 e. The highest BCUT2D eigenvalue weighted by molar-refractivity contribution is 7.80. The third-order valence-corrected chi connectivity index (χ3v) is 7.79. The SMILES string of the molecule is Cc1cccc(-n2c(C)cc([C@@H]3[C@H](c4ccccn4)NC(=S)N3C3CCCC3)c2C)c1C. The van der Waals surface area contributed by atoms with Gasteiger partial charge >= 0.3 is 0 Å². The summed E-state index contributed by atoms with van der Waals surface area (Å²) in [6, 6.07) is 15.8. The van der Waals surface area contributed by atoms with Crippen LogP contribution in [0.1, 0.15) is 71.5 Å². The Bertz CT molecular complexity index is 1140. The molecule has 0 bridgehead atoms. The van der Waals surface area contributed by atoms with E-state index in [-0.39, 0.29) is 12.1 Å². The number of hydrogen-bond acceptors (Lipinski definition) is 2. The number of pyridine rings is 1. The molecule has 166 valence electrons. The smallest absolute Gasteiger partial charge is 0.170 e. The van der Waals surface area contributed by atoms with Gasteiger partial charge in [0, 0.05) is 29.3 Å². The molecule has 0 spiro atoms. The summed E-state index contributed by atoms with van der Waals surface area (Å²) < 4.78 is 2.42. The fraction of sp³-hybridized carbons (Fsp3) is 0.407. The van der Waals surface area contributed by atoms with Crippen molar-refractivity contribution in [2.24, 2.45) is 0 Å². The molecule has 1 aliphatic heterocycles. The monoisotopic (exact) mass is 444 g/mol. The Kier molecular flexibility index (Phi) is 5.54. The molecule has 2 aliphatic rings. The summed E-state index contributed by atoms with van der Waals surface area (Å²) in [5, 5.41) is 4.52. The molecule has 3 heterocycles. The summed E-state index contributed by atoms with van der Waals surface area (Å²) in [5.41, 5.74) is 8.86. The molecule has 5 heteroatoms. The maximum Gasteiger partial charge on any atom is 0.170 e. The minimum absolute atomic E-state index is 0.0526. The third-order valence-electron chi connectivity index (χ3n) is 7.46. The quantitative estimate of drug-likeness (QED) is 0.499. The Morgan fingerprint density at radius 1 is 1.00 bits per heavy atom. The Morgan fingerprint density at radius 2 is 1.78 bits per heavy atom. The predicted octanol–water partition coefficient (Wildman–Crippen LogP) is 6.02. The van der Waals surface area contributed by atoms with E-state index >= 15 is 0 Å². The molecule has 2 fully saturated rings. The Balaban J connectivity index is 1.66. The van der Waals surface area contributed by atoms with E-state index in [0.717, 1.165) is 10.8 Å². The van der Waals surface area contributed by atoms with E-state index in [1.807, 2.05) is 12.3 Å². The third kappa shape index (κ3) is 3.43. The zero-order valence-electron chi connectivity index (χ0n) is 19.4. The van der Waals surface area contributed by atoms with E-state index in [9.17, 15) is 0 Å². The Morgan fingerprint density at radius 3 is 2.50 bits per heavy atom. The van der Waals surface area contributed by atoms with E-state index in [2.05, 4.69) is 78.9 Å². The maximum absolute atomic E-state index is 5.93. The van der Waals surface area contributed by atoms with Crippen molar-refractivity contribution in [1.82, 2.24) is 19.8 Å². The minimum atomic E-state index is 0.0526. The van der Waals surface area contributed by atoms with Gasteiger partial charge in [-0.1, -0.05) is 31.0 Å². The van der Waals surface area contributed by atoms with Crippen LogP contribution >= 0.6 is 12.2 Å². The van der Waals surface area contributed by atoms with Crippen LogP contribution in [0, 0.1) is 27.7 Å². The first-order valence-corrected chi connectivity index (χ1v) is 12.1. The molecule has 2 aromatic heterocycles. The fourth-order valence-corrected chi connectivity index (χ4v) is 6.10. The van der Waals surface area contributed by atoms with E-state index in [0.29, 0.717) is 6.04 Å². The molecule has 32 heavy (non-hydrogen) atoms. The van der Waals surface area contributed by atoms with Gasteiger partial charge in [-0.25, -0.2) is 0 Å². The van der Waals surface area contributed by atoms with Gasteiger partial charge in [0.1, 0.15) is 0 Å². The van der Waals surface area contributed by atoms with Gasteiger partial charge in [0.05, 0.1) is 17.8 Å². The van der Waals surface area contributed by atoms with Crippen LogP contribution in [0.4, 0.5) is 0 Å². The zero-order valence-corrected chi connectivity index (χ0v) is 20.2. The van der Waals surface area contributed by atoms with E-state index < -0.39 is 0 Å². The van der Waals surface area contributed by atoms with E-state index in [4.69, 9.17) is 17.2 Å². The number of thiocarbonyl (C=S) groups is 1. The largest absolute Gasteiger partial charge is 0.352 e. The molecule has 1 saturated heterocycles. The second-order valence-corrected chi connectivity index (χ2v) is 9.74. The van der Waals surface area contributed by atoms with Gasteiger partial charge in [0.25, 0.3) is 0 Å². The number of aryl methyl sites for hydroxylation is 2. The molecule has 2 atom stereocenters. The molecule has 4 nitrogen and oxygen atoms in total. The molecule has 1 aliphatic carbocycles. The zero-order chi connectivity index (χ0) is 22.4. The molecule has 0 unspecified atom stereocenters. The van der Waals surface area contributed by atoms with Crippen molar-refractivity contribution in [3.05, 3.63) is 82.4 Å². The topological polar surface area (TPSA) is 33.1 Å². The normalized spacial score (nSPS) is 21.4. The number of rotatable bonds is 4. The molecule has 0 radical (unpaired) electrons. The number of nitrogens with zero attached hydrogens (tertiary/aromatic N) is 3. The predicted molar refractivity (Wildman–Crippen MR) is 134 cm³/mol. The standard InChI is InChI=1S/C27H32N4S/c1-17-10-9-14-24(19(17)3)30-18(2)16-22(20(30)4)26-25(23-13-7-8-15-28-23)29-27(32)31(26)21-11-5-6-12-21/h7-10,13-16,21,25-26H,5-6,11-12H2,1-4H3,(H,29,32)/t25-,26+/m0/s1. The molecular formula is C27H32N4S. The number of hydrogen-bond donors (Lipinski definition) is 1. The van der Waals surface area contributed by atoms with Crippen LogP contribution < -0.4 is 5.32 Å². The van der Waals surface area contributed by atoms with Crippen molar-refractivity contribution >= 4 is 17.3 Å². The Labute approximate surface area is 196 Å². The molecule has 1 aromatic carbocycles. The molecule has 1 N–H and O–H groups in total. The van der Waals surface area contributed by atoms with Crippen LogP contribution in [0.2, 0.25) is 0 Å². The lowest BCUT2D eigenvalue weighted by Gasteiger charge is -2.33. The summed E-state index contributed by atoms with van der Waals surface area (Å²) in [6.07, 6.45) is 6.87. The van der Waals surface area contributed by atoms with Crippen molar-refractivity contribution in [3.8, 4) is 5.69 Å². The van der Waals surface area contributed by atoms with Crippen molar-refractivity contribution in [1.29, 1.82) is 0 Å². The second kappa shape index (κ2) is 8.36. The molecule has 0 amide bonds. The summed E-state index contributed by atoms with van der Waals surface area (Å²) in [7, 11) is 0. The summed E-state index contributed by atoms with van der Waals surface area (Å²) in [4.78, 5) is 7.22. The van der Waals surface area contributed by atoms with Crippen LogP contribution in [0.3, 0.4) is 0 Å². The van der Waals surface area contributed by atoms with Crippen LogP contribution in [0.25, 0.3) is 5.69 Å². The average Bonchev–Trinajstić information content (AvgIpc) is 3.49. The van der Waals surface area contributed by atoms with Gasteiger partial charge in [-0.15, -0.1) is 0 Å². The number of benzene rings is 1. The van der Waals surface area contributed by atoms with Crippen molar-refractivity contribution in [3.63, 3.8) is 0 Å². The van der Waals surface area contributed by atoms with Gasteiger partial charge in [0.2, 0.25) is 0 Å². The summed E-state index contributed by atoms with van der Waals surface area (Å²) in [6.45, 7) is 8.88. The summed E-state index contributed by atoms with van der Waals surface area (Å²) >= 11 is 5.93. The molecular weight excluding hydrogens is 412 g/mol. The highest BCUT2D eigenvalue weighted by Gasteiger charge is 2.44. The van der Waals surface area contributed by atoms with Crippen molar-refractivity contribution in [2.45, 2.75) is 71.5 Å². The van der Waals surface area contributed by atoms with E-state index in [1.165, 1.54) is 59.4 Å². The maximum atomic E-state index is 5.93. The lowest BCUT2D eigenvalue weighted by Crippen LogP contribution is -2.37. The first-order chi connectivity index (χ1) is 15.5. The van der Waals surface area contributed by atoms with Gasteiger partial charge in [-0.05, 0) is 93.7 Å². The molecule has 1 saturated carbocycles. The van der Waals surface area contributed by atoms with Crippen molar-refractivity contribution in [2.75, 3.05) is 0 Å². The average molecular weight is 445 g/mol. The first kappa shape index (κ1) is 21.2. The number of nitrogens with one attached hydrogen (secondary N) is 1. The van der Waals surface area contributed by atoms with Crippen LogP contribution in [-0.4, -0.2) is 25.6 Å². The fourth-order valence-electron chi connectivity index (χ4n) is 5.71.